The van der Waals surface area contributed by atoms with Crippen molar-refractivity contribution in [2.75, 3.05) is 6.61 Å². The average molecular weight is 459 g/mol. The highest BCUT2D eigenvalue weighted by atomic mass is 19.4. The third-order valence-corrected chi connectivity index (χ3v) is 4.15. The number of esters is 1. The van der Waals surface area contributed by atoms with Gasteiger partial charge in [0.1, 0.15) is 18.1 Å². The zero-order valence-electron chi connectivity index (χ0n) is 15.9. The number of alkyl halides is 6. The fourth-order valence-corrected chi connectivity index (χ4v) is 2.79. The Bertz CT molecular complexity index is 883. The van der Waals surface area contributed by atoms with Crippen LogP contribution in [0, 0.1) is 17.0 Å². The van der Waals surface area contributed by atoms with Gasteiger partial charge in [-0.05, 0) is 37.6 Å². The van der Waals surface area contributed by atoms with Gasteiger partial charge in [-0.15, -0.1) is 23.3 Å². The molecule has 2 rings (SSSR count). The summed E-state index contributed by atoms with van der Waals surface area (Å²) in [6.07, 6.45) is -11.4. The Morgan fingerprint density at radius 2 is 1.90 bits per heavy atom. The molecule has 1 aliphatic rings. The molecule has 1 aromatic carbocycles. The summed E-state index contributed by atoms with van der Waals surface area (Å²) in [5, 5.41) is 8.88. The van der Waals surface area contributed by atoms with Crippen LogP contribution in [0.25, 0.3) is 6.08 Å². The van der Waals surface area contributed by atoms with Crippen molar-refractivity contribution in [1.82, 2.24) is 0 Å². The summed E-state index contributed by atoms with van der Waals surface area (Å²) in [5.74, 6) is -2.25. The van der Waals surface area contributed by atoms with E-state index in [1.165, 1.54) is 6.92 Å². The third kappa shape index (κ3) is 5.70. The van der Waals surface area contributed by atoms with Gasteiger partial charge in [-0.2, -0.15) is 13.2 Å². The van der Waals surface area contributed by atoms with Crippen LogP contribution in [0.4, 0.5) is 26.3 Å². The topological polar surface area (TPSA) is 97.1 Å². The highest BCUT2D eigenvalue weighted by molar-refractivity contribution is 5.70. The summed E-state index contributed by atoms with van der Waals surface area (Å²) < 4.78 is 92.7. The molecule has 0 aliphatic carbocycles. The molecular formula is C17H15F6NO7. The van der Waals surface area contributed by atoms with Crippen molar-refractivity contribution in [3.63, 3.8) is 0 Å². The number of halogens is 6. The van der Waals surface area contributed by atoms with Crippen LogP contribution < -0.4 is 9.47 Å². The molecule has 0 aromatic heterocycles. The van der Waals surface area contributed by atoms with Crippen LogP contribution in [0.5, 0.6) is 11.5 Å². The molecule has 1 aliphatic heterocycles. The van der Waals surface area contributed by atoms with Gasteiger partial charge >= 0.3 is 18.5 Å². The molecule has 2 atom stereocenters. The lowest BCUT2D eigenvalue weighted by Crippen LogP contribution is -2.58. The van der Waals surface area contributed by atoms with Gasteiger partial charge in [0.25, 0.3) is 10.7 Å². The molecule has 1 aromatic rings. The van der Waals surface area contributed by atoms with Gasteiger partial charge in [-0.1, -0.05) is 6.08 Å². The Kier molecular flexibility index (Phi) is 6.61. The molecule has 14 heteroatoms. The van der Waals surface area contributed by atoms with Crippen molar-refractivity contribution in [3.05, 3.63) is 39.4 Å². The number of benzene rings is 1. The monoisotopic (exact) mass is 459 g/mol. The van der Waals surface area contributed by atoms with Crippen LogP contribution in [-0.4, -0.2) is 41.9 Å². The first-order chi connectivity index (χ1) is 14.1. The average Bonchev–Trinajstić information content (AvgIpc) is 2.58. The zero-order valence-corrected chi connectivity index (χ0v) is 15.9. The number of hydrogen-bond acceptors (Lipinski definition) is 7. The molecule has 0 amide bonds. The fraction of sp³-hybridized carbons (Fsp3) is 0.471. The van der Waals surface area contributed by atoms with Crippen LogP contribution in [0.2, 0.25) is 0 Å². The van der Waals surface area contributed by atoms with Gasteiger partial charge in [-0.3, -0.25) is 4.79 Å². The van der Waals surface area contributed by atoms with E-state index in [0.29, 0.717) is 6.08 Å². The molecular weight excluding hydrogens is 444 g/mol. The van der Waals surface area contributed by atoms with Crippen molar-refractivity contribution < 1.29 is 55.3 Å². The largest absolute Gasteiger partial charge is 0.573 e. The Balaban J connectivity index is 2.30. The molecule has 2 unspecified atom stereocenters. The lowest BCUT2D eigenvalue weighted by atomic mass is 9.91. The summed E-state index contributed by atoms with van der Waals surface area (Å²) in [5.41, 5.74) is -3.36. The first-order valence-electron chi connectivity index (χ1n) is 8.47. The molecule has 0 bridgehead atoms. The van der Waals surface area contributed by atoms with Crippen molar-refractivity contribution >= 4 is 12.0 Å². The van der Waals surface area contributed by atoms with Crippen molar-refractivity contribution in [3.8, 4) is 11.5 Å². The number of hydrogen-bond donors (Lipinski definition) is 0. The van der Waals surface area contributed by atoms with E-state index in [9.17, 15) is 41.3 Å². The first kappa shape index (κ1) is 24.1. The van der Waals surface area contributed by atoms with Crippen LogP contribution in [0.15, 0.2) is 18.2 Å². The smallest absolute Gasteiger partial charge is 0.469 e. The standard InChI is InChI=1S/C17H15F6NO7/c1-9-7-12(30-17(21,22)23)8-11-3-5-15(16(18,19)20,31-14(9)11)10(2)29-13(25)4-6-28-24(26)27/h3,5,7-8,10H,4,6H2,1-2H3. The van der Waals surface area contributed by atoms with E-state index in [4.69, 9.17) is 9.47 Å². The van der Waals surface area contributed by atoms with Gasteiger partial charge in [0, 0.05) is 5.56 Å². The zero-order chi connectivity index (χ0) is 23.6. The molecule has 0 saturated carbocycles. The minimum Gasteiger partial charge on any atom is -0.469 e. The van der Waals surface area contributed by atoms with E-state index < -0.39 is 54.1 Å². The quantitative estimate of drug-likeness (QED) is 0.262. The Morgan fingerprint density at radius 3 is 2.45 bits per heavy atom. The number of carbonyl (C=O) groups is 1. The number of aryl methyl sites for hydroxylation is 1. The first-order valence-corrected chi connectivity index (χ1v) is 8.47. The molecule has 0 N–H and O–H groups in total. The number of ether oxygens (including phenoxy) is 3. The van der Waals surface area contributed by atoms with Crippen molar-refractivity contribution in [1.29, 1.82) is 0 Å². The Labute approximate surface area is 170 Å². The molecule has 0 spiro atoms. The van der Waals surface area contributed by atoms with E-state index in [0.717, 1.165) is 25.1 Å². The van der Waals surface area contributed by atoms with Gasteiger partial charge < -0.3 is 19.0 Å². The highest BCUT2D eigenvalue weighted by Crippen LogP contribution is 2.46. The lowest BCUT2D eigenvalue weighted by Gasteiger charge is -2.40. The van der Waals surface area contributed by atoms with Gasteiger partial charge in [0.05, 0.1) is 6.42 Å². The maximum atomic E-state index is 13.9. The lowest BCUT2D eigenvalue weighted by molar-refractivity contribution is -0.757. The van der Waals surface area contributed by atoms with E-state index in [1.54, 1.807) is 0 Å². The summed E-state index contributed by atoms with van der Waals surface area (Å²) in [6.45, 7) is 1.39. The van der Waals surface area contributed by atoms with E-state index in [1.807, 2.05) is 0 Å². The highest BCUT2D eigenvalue weighted by Gasteiger charge is 2.62. The summed E-state index contributed by atoms with van der Waals surface area (Å²) >= 11 is 0. The number of nitrogens with zero attached hydrogens (tertiary/aromatic N) is 1. The molecule has 1 heterocycles. The predicted octanol–water partition coefficient (Wildman–Crippen LogP) is 4.13. The second-order valence-corrected chi connectivity index (χ2v) is 6.37. The van der Waals surface area contributed by atoms with Crippen molar-refractivity contribution in [2.45, 2.75) is 44.5 Å². The Hall–Kier alpha value is -3.19. The maximum Gasteiger partial charge on any atom is 0.573 e. The van der Waals surface area contributed by atoms with Crippen LogP contribution in [0.3, 0.4) is 0 Å². The number of fused-ring (bicyclic) bond motifs is 1. The molecule has 0 radical (unpaired) electrons. The summed E-state index contributed by atoms with van der Waals surface area (Å²) in [4.78, 5) is 25.7. The molecule has 8 nitrogen and oxygen atoms in total. The second-order valence-electron chi connectivity index (χ2n) is 6.37. The second kappa shape index (κ2) is 8.51. The van der Waals surface area contributed by atoms with E-state index >= 15 is 0 Å². The minimum absolute atomic E-state index is 0.0902. The molecule has 0 fully saturated rings. The van der Waals surface area contributed by atoms with E-state index in [2.05, 4.69) is 9.57 Å². The van der Waals surface area contributed by atoms with Crippen molar-refractivity contribution in [2.24, 2.45) is 0 Å². The maximum absolute atomic E-state index is 13.9. The minimum atomic E-state index is -5.11. The molecule has 0 saturated heterocycles. The van der Waals surface area contributed by atoms with Crippen LogP contribution in [-0.2, 0) is 14.4 Å². The number of carbonyl (C=O) groups excluding carboxylic acids is 1. The molecule has 172 valence electrons. The van der Waals surface area contributed by atoms with Gasteiger partial charge in [-0.25, -0.2) is 0 Å². The molecule has 31 heavy (non-hydrogen) atoms. The number of rotatable bonds is 7. The van der Waals surface area contributed by atoms with Gasteiger partial charge in [0.15, 0.2) is 6.10 Å². The fourth-order valence-electron chi connectivity index (χ4n) is 2.79. The van der Waals surface area contributed by atoms with Gasteiger partial charge in [0.2, 0.25) is 0 Å². The van der Waals surface area contributed by atoms with Crippen LogP contribution in [0.1, 0.15) is 24.5 Å². The summed E-state index contributed by atoms with van der Waals surface area (Å²) in [7, 11) is 0. The predicted molar refractivity (Wildman–Crippen MR) is 89.4 cm³/mol. The Morgan fingerprint density at radius 1 is 1.26 bits per heavy atom. The SMILES string of the molecule is Cc1cc(OC(F)(F)F)cc2c1OC(C(C)OC(=O)CCO[N+](=O)[O-])(C(F)(F)F)C=C2. The third-order valence-electron chi connectivity index (χ3n) is 4.15. The normalized spacial score (nSPS) is 19.1. The van der Waals surface area contributed by atoms with Crippen LogP contribution >= 0.6 is 0 Å². The summed E-state index contributed by atoms with van der Waals surface area (Å²) in [6, 6.07) is 1.69. The van der Waals surface area contributed by atoms with E-state index in [-0.39, 0.29) is 16.9 Å².